The predicted molar refractivity (Wildman–Crippen MR) is 196 cm³/mol. The minimum absolute atomic E-state index is 0.163. The number of benzene rings is 6. The zero-order chi connectivity index (χ0) is 34.9. The lowest BCUT2D eigenvalue weighted by Gasteiger charge is -2.20. The van der Waals surface area contributed by atoms with E-state index in [9.17, 15) is 19.5 Å². The maximum absolute atomic E-state index is 13.7. The number of halogens is 1. The smallest absolute Gasteiger partial charge is 0.305 e. The number of aliphatic carboxylic acids is 1. The zero-order valence-electron chi connectivity index (χ0n) is 26.6. The van der Waals surface area contributed by atoms with Gasteiger partial charge >= 0.3 is 5.97 Å². The van der Waals surface area contributed by atoms with Crippen LogP contribution in [-0.4, -0.2) is 22.9 Å². The average Bonchev–Trinajstić information content (AvgIpc) is 3.13. The molecule has 0 aliphatic rings. The zero-order valence-corrected chi connectivity index (χ0v) is 28.2. The fourth-order valence-electron chi connectivity index (χ4n) is 5.27. The van der Waals surface area contributed by atoms with Crippen LogP contribution in [0.25, 0.3) is 11.1 Å². The average molecular weight is 728 g/mol. The number of ether oxygens (including phenoxy) is 2. The lowest BCUT2D eigenvalue weighted by atomic mass is 9.98. The first-order valence-electron chi connectivity index (χ1n) is 15.7. The molecule has 1 atom stereocenters. The highest BCUT2D eigenvalue weighted by atomic mass is 79.9. The van der Waals surface area contributed by atoms with Gasteiger partial charge in [0.05, 0.1) is 23.7 Å². The van der Waals surface area contributed by atoms with Crippen LogP contribution in [-0.2, 0) is 4.79 Å². The van der Waals surface area contributed by atoms with Gasteiger partial charge in [-0.1, -0.05) is 94.8 Å². The molecule has 50 heavy (non-hydrogen) atoms. The summed E-state index contributed by atoms with van der Waals surface area (Å²) in [5.74, 6) is 0.554. The van der Waals surface area contributed by atoms with E-state index in [-0.39, 0.29) is 17.7 Å². The van der Waals surface area contributed by atoms with E-state index in [0.717, 1.165) is 11.1 Å². The molecule has 1 unspecified atom stereocenters. The topological polar surface area (TPSA) is 114 Å². The van der Waals surface area contributed by atoms with Gasteiger partial charge in [-0.25, -0.2) is 0 Å². The number of hydrogen-bond acceptors (Lipinski definition) is 5. The molecule has 0 fully saturated rings. The predicted octanol–water partition coefficient (Wildman–Crippen LogP) is 9.90. The summed E-state index contributed by atoms with van der Waals surface area (Å²) in [6.07, 6.45) is -0.355. The summed E-state index contributed by atoms with van der Waals surface area (Å²) in [6.45, 7) is 0. The van der Waals surface area contributed by atoms with Gasteiger partial charge in [-0.2, -0.15) is 0 Å². The highest BCUT2D eigenvalue weighted by Gasteiger charge is 2.22. The first-order valence-corrected chi connectivity index (χ1v) is 16.5. The maximum Gasteiger partial charge on any atom is 0.305 e. The van der Waals surface area contributed by atoms with Crippen molar-refractivity contribution in [2.45, 2.75) is 12.5 Å². The number of anilines is 1. The highest BCUT2D eigenvalue weighted by molar-refractivity contribution is 9.10. The molecule has 9 heteroatoms. The van der Waals surface area contributed by atoms with Crippen molar-refractivity contribution in [2.75, 3.05) is 5.32 Å². The normalized spacial score (nSPS) is 11.2. The third kappa shape index (κ3) is 8.63. The molecule has 0 aliphatic heterocycles. The van der Waals surface area contributed by atoms with Crippen LogP contribution in [0.4, 0.5) is 5.69 Å². The van der Waals surface area contributed by atoms with Gasteiger partial charge in [-0.15, -0.1) is 0 Å². The standard InChI is InChI=1S/C41H31BrN2O6/c42-30-21-24-36(43-40(47)29-19-22-33(23-20-29)49-31-9-3-1-4-10-31)35(25-30)41(48)44-37(26-39(45)46)28-17-15-27(16-18-28)34-13-7-8-14-38(34)50-32-11-5-2-6-12-32/h1-25,37H,26H2,(H,43,47)(H,44,48)(H,45,46). The van der Waals surface area contributed by atoms with Gasteiger partial charge in [0, 0.05) is 15.6 Å². The molecular weight excluding hydrogens is 696 g/mol. The van der Waals surface area contributed by atoms with E-state index in [0.29, 0.717) is 38.6 Å². The fourth-order valence-corrected chi connectivity index (χ4v) is 5.64. The number of amides is 2. The van der Waals surface area contributed by atoms with Gasteiger partial charge in [0.15, 0.2) is 0 Å². The quantitative estimate of drug-likeness (QED) is 0.116. The summed E-state index contributed by atoms with van der Waals surface area (Å²) < 4.78 is 12.5. The summed E-state index contributed by atoms with van der Waals surface area (Å²) in [4.78, 5) is 38.9. The van der Waals surface area contributed by atoms with E-state index in [1.54, 1.807) is 54.6 Å². The Morgan fingerprint density at radius 3 is 1.90 bits per heavy atom. The van der Waals surface area contributed by atoms with Crippen LogP contribution in [0, 0.1) is 0 Å². The third-order valence-corrected chi connectivity index (χ3v) is 8.23. The minimum Gasteiger partial charge on any atom is -0.481 e. The minimum atomic E-state index is -1.08. The molecule has 0 saturated carbocycles. The number of nitrogens with one attached hydrogen (secondary N) is 2. The van der Waals surface area contributed by atoms with Crippen molar-refractivity contribution in [2.24, 2.45) is 0 Å². The molecule has 0 bridgehead atoms. The molecule has 6 aromatic carbocycles. The van der Waals surface area contributed by atoms with Gasteiger partial charge < -0.3 is 25.2 Å². The van der Waals surface area contributed by atoms with Crippen LogP contribution in [0.3, 0.4) is 0 Å². The summed E-state index contributed by atoms with van der Waals surface area (Å²) in [5.41, 5.74) is 3.10. The van der Waals surface area contributed by atoms with Crippen LogP contribution in [0.5, 0.6) is 23.0 Å². The molecule has 0 heterocycles. The SMILES string of the molecule is O=C(O)CC(NC(=O)c1cc(Br)ccc1NC(=O)c1ccc(Oc2ccccc2)cc1)c1ccc(-c2ccccc2Oc2ccccc2)cc1. The monoisotopic (exact) mass is 726 g/mol. The number of para-hydroxylation sites is 3. The van der Waals surface area contributed by atoms with Crippen LogP contribution in [0.1, 0.15) is 38.7 Å². The molecule has 6 rings (SSSR count). The van der Waals surface area contributed by atoms with Gasteiger partial charge in [-0.05, 0) is 83.9 Å². The Morgan fingerprint density at radius 1 is 0.640 bits per heavy atom. The van der Waals surface area contributed by atoms with Crippen molar-refractivity contribution in [1.29, 1.82) is 0 Å². The second-order valence-electron chi connectivity index (χ2n) is 11.2. The number of carboxylic acids is 1. The van der Waals surface area contributed by atoms with E-state index < -0.39 is 23.8 Å². The lowest BCUT2D eigenvalue weighted by Crippen LogP contribution is -2.31. The molecule has 3 N–H and O–H groups in total. The third-order valence-electron chi connectivity index (χ3n) is 7.74. The second kappa shape index (κ2) is 15.8. The van der Waals surface area contributed by atoms with Gasteiger partial charge in [0.25, 0.3) is 11.8 Å². The Labute approximate surface area is 297 Å². The molecule has 0 saturated heterocycles. The van der Waals surface area contributed by atoms with E-state index in [1.165, 1.54) is 0 Å². The van der Waals surface area contributed by atoms with Gasteiger partial charge in [-0.3, -0.25) is 14.4 Å². The molecule has 0 aliphatic carbocycles. The number of carbonyl (C=O) groups is 3. The Morgan fingerprint density at radius 2 is 1.24 bits per heavy atom. The number of carboxylic acid groups (broad SMARTS) is 1. The van der Waals surface area contributed by atoms with E-state index >= 15 is 0 Å². The van der Waals surface area contributed by atoms with Crippen LogP contribution in [0.2, 0.25) is 0 Å². The van der Waals surface area contributed by atoms with Crippen LogP contribution >= 0.6 is 15.9 Å². The van der Waals surface area contributed by atoms with Crippen molar-refractivity contribution < 1.29 is 29.0 Å². The maximum atomic E-state index is 13.7. The molecule has 6 aromatic rings. The molecule has 248 valence electrons. The molecule has 2 amide bonds. The molecule has 0 aromatic heterocycles. The number of carbonyl (C=O) groups excluding carboxylic acids is 2. The van der Waals surface area contributed by atoms with E-state index in [2.05, 4.69) is 26.6 Å². The molecular formula is C41H31BrN2O6. The lowest BCUT2D eigenvalue weighted by molar-refractivity contribution is -0.137. The summed E-state index contributed by atoms with van der Waals surface area (Å²) in [6, 6.07) is 44.4. The molecule has 0 spiro atoms. The van der Waals surface area contributed by atoms with Crippen molar-refractivity contribution >= 4 is 39.4 Å². The number of rotatable bonds is 12. The van der Waals surface area contributed by atoms with Crippen LogP contribution in [0.15, 0.2) is 156 Å². The second-order valence-corrected chi connectivity index (χ2v) is 12.2. The van der Waals surface area contributed by atoms with Crippen molar-refractivity contribution in [3.63, 3.8) is 0 Å². The summed E-state index contributed by atoms with van der Waals surface area (Å²) in [7, 11) is 0. The Kier molecular flexibility index (Phi) is 10.7. The largest absolute Gasteiger partial charge is 0.481 e. The fraction of sp³-hybridized carbons (Fsp3) is 0.0488. The van der Waals surface area contributed by atoms with Gasteiger partial charge in [0.1, 0.15) is 23.0 Å². The Balaban J connectivity index is 1.18. The van der Waals surface area contributed by atoms with Crippen LogP contribution < -0.4 is 20.1 Å². The highest BCUT2D eigenvalue weighted by Crippen LogP contribution is 2.34. The number of hydrogen-bond donors (Lipinski definition) is 3. The van der Waals surface area contributed by atoms with Crippen molar-refractivity contribution in [3.05, 3.63) is 173 Å². The van der Waals surface area contributed by atoms with E-state index in [1.807, 2.05) is 97.1 Å². The first kappa shape index (κ1) is 33.7. The summed E-state index contributed by atoms with van der Waals surface area (Å²) >= 11 is 3.41. The van der Waals surface area contributed by atoms with E-state index in [4.69, 9.17) is 9.47 Å². The molecule has 0 radical (unpaired) electrons. The molecule has 8 nitrogen and oxygen atoms in total. The van der Waals surface area contributed by atoms with Crippen molar-refractivity contribution in [3.8, 4) is 34.1 Å². The Bertz CT molecular complexity index is 2100. The van der Waals surface area contributed by atoms with Crippen molar-refractivity contribution in [1.82, 2.24) is 5.32 Å². The summed E-state index contributed by atoms with van der Waals surface area (Å²) in [5, 5.41) is 15.4. The first-order chi connectivity index (χ1) is 24.3. The van der Waals surface area contributed by atoms with Gasteiger partial charge in [0.2, 0.25) is 0 Å². The Hall–Kier alpha value is -6.19.